The first kappa shape index (κ1) is 32.9. The van der Waals surface area contributed by atoms with Crippen molar-refractivity contribution in [3.8, 4) is 22.3 Å². The van der Waals surface area contributed by atoms with Crippen LogP contribution >= 0.6 is 0 Å². The Morgan fingerprint density at radius 1 is 0.455 bits per heavy atom. The zero-order valence-corrected chi connectivity index (χ0v) is 32.2. The number of hydrogen-bond acceptors (Lipinski definition) is 3. The molecule has 3 nitrogen and oxygen atoms in total. The van der Waals surface area contributed by atoms with Gasteiger partial charge in [-0.05, 0) is 136 Å². The van der Waals surface area contributed by atoms with E-state index in [0.29, 0.717) is 0 Å². The van der Waals surface area contributed by atoms with Crippen LogP contribution in [0.1, 0.15) is 74.6 Å². The third-order valence-corrected chi connectivity index (χ3v) is 13.4. The fourth-order valence-corrected chi connectivity index (χ4v) is 10.6. The normalized spacial score (nSPS) is 17.2. The van der Waals surface area contributed by atoms with Crippen LogP contribution in [-0.2, 0) is 11.8 Å². The predicted molar refractivity (Wildman–Crippen MR) is 234 cm³/mol. The molecule has 0 aromatic heterocycles. The van der Waals surface area contributed by atoms with Crippen LogP contribution in [-0.4, -0.2) is 26.2 Å². The highest BCUT2D eigenvalue weighted by atomic mass is 15.2. The highest BCUT2D eigenvalue weighted by Gasteiger charge is 2.36. The molecule has 0 unspecified atom stereocenters. The molecule has 272 valence electrons. The largest absolute Gasteiger partial charge is 0.372 e. The van der Waals surface area contributed by atoms with E-state index in [9.17, 15) is 0 Å². The van der Waals surface area contributed by atoms with E-state index < -0.39 is 0 Å². The lowest BCUT2D eigenvalue weighted by Crippen LogP contribution is -2.29. The van der Waals surface area contributed by atoms with Crippen LogP contribution in [0.15, 0.2) is 127 Å². The second kappa shape index (κ2) is 12.8. The Bertz CT molecular complexity index is 2590. The van der Waals surface area contributed by atoms with Crippen molar-refractivity contribution in [1.82, 2.24) is 0 Å². The van der Waals surface area contributed by atoms with Crippen LogP contribution in [0.2, 0.25) is 0 Å². The van der Waals surface area contributed by atoms with Gasteiger partial charge in [-0.3, -0.25) is 0 Å². The second-order valence-electron chi connectivity index (χ2n) is 17.0. The number of rotatable bonds is 4. The lowest BCUT2D eigenvalue weighted by atomic mass is 9.80. The molecule has 0 amide bonds. The highest BCUT2D eigenvalue weighted by Crippen LogP contribution is 2.54. The summed E-state index contributed by atoms with van der Waals surface area (Å²) in [7, 11) is 0. The maximum absolute atomic E-state index is 2.63. The summed E-state index contributed by atoms with van der Waals surface area (Å²) in [6, 6.07) is 49.5. The number of anilines is 5. The minimum absolute atomic E-state index is 0.0743. The van der Waals surface area contributed by atoms with Crippen molar-refractivity contribution in [2.24, 2.45) is 0 Å². The second-order valence-corrected chi connectivity index (χ2v) is 17.0. The van der Waals surface area contributed by atoms with Gasteiger partial charge in [-0.25, -0.2) is 0 Å². The van der Waals surface area contributed by atoms with Gasteiger partial charge >= 0.3 is 0 Å². The van der Waals surface area contributed by atoms with Gasteiger partial charge in [0.2, 0.25) is 0 Å². The van der Waals surface area contributed by atoms with E-state index in [1.165, 1.54) is 133 Å². The molecule has 55 heavy (non-hydrogen) atoms. The summed E-state index contributed by atoms with van der Waals surface area (Å²) in [6.45, 7) is 9.31. The molecule has 7 aromatic rings. The Labute approximate surface area is 325 Å². The maximum atomic E-state index is 2.63. The molecule has 3 heteroatoms. The van der Waals surface area contributed by atoms with Crippen molar-refractivity contribution in [1.29, 1.82) is 0 Å². The molecular weight excluding hydrogens is 667 g/mol. The molecule has 0 bridgehead atoms. The third kappa shape index (κ3) is 5.15. The Morgan fingerprint density at radius 2 is 1.02 bits per heavy atom. The summed E-state index contributed by atoms with van der Waals surface area (Å²) in [5.41, 5.74) is 17.5. The monoisotopic (exact) mass is 715 g/mol. The average Bonchev–Trinajstić information content (AvgIpc) is 3.47. The zero-order valence-electron chi connectivity index (χ0n) is 32.2. The summed E-state index contributed by atoms with van der Waals surface area (Å²) in [5, 5.41) is 5.30. The lowest BCUT2D eigenvalue weighted by Gasteiger charge is -2.36. The summed E-state index contributed by atoms with van der Waals surface area (Å²) in [5.74, 6) is 0. The number of benzene rings is 7. The van der Waals surface area contributed by atoms with Crippen molar-refractivity contribution >= 4 is 50.0 Å². The van der Waals surface area contributed by atoms with Crippen molar-refractivity contribution in [3.05, 3.63) is 150 Å². The van der Waals surface area contributed by atoms with Gasteiger partial charge in [-0.1, -0.05) is 98.8 Å². The molecule has 1 aliphatic carbocycles. The molecule has 0 atom stereocenters. The Balaban J connectivity index is 1.25. The molecule has 0 saturated carbocycles. The molecule has 3 heterocycles. The highest BCUT2D eigenvalue weighted by molar-refractivity contribution is 6.23. The van der Waals surface area contributed by atoms with Crippen LogP contribution in [0.3, 0.4) is 0 Å². The van der Waals surface area contributed by atoms with E-state index in [0.717, 1.165) is 32.6 Å². The molecule has 2 saturated heterocycles. The number of piperidine rings is 2. The smallest absolute Gasteiger partial charge is 0.0619 e. The first-order valence-electron chi connectivity index (χ1n) is 20.8. The fourth-order valence-electron chi connectivity index (χ4n) is 10.6. The van der Waals surface area contributed by atoms with E-state index in [1.54, 1.807) is 0 Å². The van der Waals surface area contributed by atoms with Crippen molar-refractivity contribution in [3.63, 3.8) is 0 Å². The Kier molecular flexibility index (Phi) is 7.63. The van der Waals surface area contributed by atoms with Crippen LogP contribution in [0.4, 0.5) is 28.4 Å². The van der Waals surface area contributed by atoms with Crippen LogP contribution in [0, 0.1) is 0 Å². The summed E-state index contributed by atoms with van der Waals surface area (Å²) in [6.07, 6.45) is 8.63. The minimum Gasteiger partial charge on any atom is -0.372 e. The van der Waals surface area contributed by atoms with Gasteiger partial charge in [0.25, 0.3) is 0 Å². The number of hydrogen-bond donors (Lipinski definition) is 0. The Morgan fingerprint density at radius 3 is 1.69 bits per heavy atom. The van der Waals surface area contributed by atoms with Crippen molar-refractivity contribution in [2.45, 2.75) is 64.2 Å². The molecule has 0 N–H and O–H groups in total. The molecular formula is C52H49N3. The summed E-state index contributed by atoms with van der Waals surface area (Å²) in [4.78, 5) is 7.87. The maximum Gasteiger partial charge on any atom is 0.0619 e. The van der Waals surface area contributed by atoms with E-state index in [-0.39, 0.29) is 5.41 Å². The Hall–Kier alpha value is -5.54. The van der Waals surface area contributed by atoms with Crippen LogP contribution in [0.5, 0.6) is 0 Å². The predicted octanol–water partition coefficient (Wildman–Crippen LogP) is 13.3. The number of para-hydroxylation sites is 2. The van der Waals surface area contributed by atoms with Gasteiger partial charge in [0.15, 0.2) is 0 Å². The van der Waals surface area contributed by atoms with Gasteiger partial charge in [-0.15, -0.1) is 0 Å². The van der Waals surface area contributed by atoms with Crippen molar-refractivity contribution < 1.29 is 0 Å². The van der Waals surface area contributed by atoms with Crippen LogP contribution in [0.25, 0.3) is 43.8 Å². The fraction of sp³-hybridized carbons (Fsp3) is 0.269. The third-order valence-electron chi connectivity index (χ3n) is 13.4. The average molecular weight is 716 g/mol. The topological polar surface area (TPSA) is 9.72 Å². The van der Waals surface area contributed by atoms with Gasteiger partial charge in [0, 0.05) is 71.5 Å². The van der Waals surface area contributed by atoms with E-state index in [4.69, 9.17) is 0 Å². The number of fused-ring (bicyclic) bond motifs is 7. The van der Waals surface area contributed by atoms with Gasteiger partial charge in [-0.2, -0.15) is 0 Å². The molecule has 7 aromatic carbocycles. The first-order valence-corrected chi connectivity index (χ1v) is 20.8. The lowest BCUT2D eigenvalue weighted by molar-refractivity contribution is 0.578. The van der Waals surface area contributed by atoms with Gasteiger partial charge in [0.1, 0.15) is 0 Å². The van der Waals surface area contributed by atoms with E-state index in [1.807, 2.05) is 0 Å². The molecule has 3 aliphatic heterocycles. The number of nitrogens with zero attached hydrogens (tertiary/aromatic N) is 3. The minimum atomic E-state index is -0.0743. The molecule has 4 aliphatic rings. The molecule has 0 radical (unpaired) electrons. The van der Waals surface area contributed by atoms with Crippen molar-refractivity contribution in [2.75, 3.05) is 40.9 Å². The van der Waals surface area contributed by atoms with Crippen LogP contribution < -0.4 is 14.7 Å². The SMILES string of the molecule is CC1(C)c2ccccc2-c2ccc(-c3c4cc(N5CCCCC5)ccc4c(N4c5ccccc5Cc5ccccc54)c4cc(N5CCCCC5)ccc34)cc21. The summed E-state index contributed by atoms with van der Waals surface area (Å²) >= 11 is 0. The van der Waals surface area contributed by atoms with E-state index in [2.05, 4.69) is 156 Å². The van der Waals surface area contributed by atoms with Gasteiger partial charge in [0.05, 0.1) is 5.69 Å². The van der Waals surface area contributed by atoms with Gasteiger partial charge < -0.3 is 14.7 Å². The first-order chi connectivity index (χ1) is 27.0. The zero-order chi connectivity index (χ0) is 36.7. The molecule has 0 spiro atoms. The standard InChI is InChI=1S/C52H49N3/c1-52(2)46-18-8-7-17-40(46)41-24-21-37(32-47(41)52)50-42-25-22-39(54-29-13-4-14-30-54)34-45(42)51(43-26-23-38(33-44(43)50)53-27-11-3-12-28-53)55-48-19-9-5-15-35(48)31-36-16-6-10-20-49(36)55/h5-10,15-26,32-34H,3-4,11-14,27-31H2,1-2H3. The van der Waals surface area contributed by atoms with E-state index >= 15 is 0 Å². The molecule has 2 fully saturated rings. The molecule has 11 rings (SSSR count). The quantitative estimate of drug-likeness (QED) is 0.168. The summed E-state index contributed by atoms with van der Waals surface area (Å²) < 4.78 is 0.